The lowest BCUT2D eigenvalue weighted by Crippen LogP contribution is -2.30. The second-order valence-electron chi connectivity index (χ2n) is 4.65. The monoisotopic (exact) mass is 265 g/mol. The summed E-state index contributed by atoms with van der Waals surface area (Å²) in [6, 6.07) is 3.56. The number of pyridine rings is 1. The van der Waals surface area contributed by atoms with Gasteiger partial charge in [0.1, 0.15) is 0 Å². The summed E-state index contributed by atoms with van der Waals surface area (Å²) in [5.41, 5.74) is 0.518. The maximum atomic E-state index is 11.7. The molecule has 6 heteroatoms. The molecule has 19 heavy (non-hydrogen) atoms. The van der Waals surface area contributed by atoms with Crippen LogP contribution in [-0.4, -0.2) is 36.8 Å². The van der Waals surface area contributed by atoms with E-state index in [1.807, 2.05) is 0 Å². The second-order valence-corrected chi connectivity index (χ2v) is 4.65. The summed E-state index contributed by atoms with van der Waals surface area (Å²) < 4.78 is 6.46. The zero-order chi connectivity index (χ0) is 13.7. The van der Waals surface area contributed by atoms with E-state index in [-0.39, 0.29) is 11.5 Å². The van der Waals surface area contributed by atoms with Gasteiger partial charge in [0, 0.05) is 32.0 Å². The Hall–Kier alpha value is -1.66. The van der Waals surface area contributed by atoms with Crippen molar-refractivity contribution in [1.82, 2.24) is 9.88 Å². The summed E-state index contributed by atoms with van der Waals surface area (Å²) in [5.74, 6) is -0.0937. The second kappa shape index (κ2) is 6.49. The van der Waals surface area contributed by atoms with Gasteiger partial charge in [-0.2, -0.15) is 0 Å². The van der Waals surface area contributed by atoms with Crippen LogP contribution in [0.2, 0.25) is 0 Å². The Bertz CT molecular complexity index is 494. The molecule has 0 bridgehead atoms. The minimum absolute atomic E-state index is 0.0937. The number of methoxy groups -OCH3 is 1. The quantitative estimate of drug-likeness (QED) is 0.738. The third-order valence-corrected chi connectivity index (χ3v) is 2.93. The molecule has 6 nitrogen and oxygen atoms in total. The number of carbonyl (C=O) groups is 1. The van der Waals surface area contributed by atoms with E-state index in [1.54, 1.807) is 19.4 Å². The lowest BCUT2D eigenvalue weighted by molar-refractivity contribution is -0.115. The minimum Gasteiger partial charge on any atom is -0.383 e. The Balaban J connectivity index is 1.91. The summed E-state index contributed by atoms with van der Waals surface area (Å²) in [7, 11) is 1.58. The fraction of sp³-hybridized carbons (Fsp3) is 0.538. The normalized spacial score (nSPS) is 14.4. The number of nitrogens with zero attached hydrogens (tertiary/aromatic N) is 1. The van der Waals surface area contributed by atoms with Crippen LogP contribution in [0.5, 0.6) is 0 Å². The molecule has 1 amide bonds. The molecule has 1 fully saturated rings. The van der Waals surface area contributed by atoms with Crippen molar-refractivity contribution in [3.05, 3.63) is 28.7 Å². The van der Waals surface area contributed by atoms with Crippen LogP contribution in [0.25, 0.3) is 0 Å². The van der Waals surface area contributed by atoms with E-state index in [0.29, 0.717) is 31.4 Å². The predicted molar refractivity (Wildman–Crippen MR) is 72.2 cm³/mol. The molecule has 2 N–H and O–H groups in total. The van der Waals surface area contributed by atoms with E-state index in [4.69, 9.17) is 4.74 Å². The molecule has 0 spiro atoms. The van der Waals surface area contributed by atoms with Crippen LogP contribution in [0.3, 0.4) is 0 Å². The van der Waals surface area contributed by atoms with Crippen molar-refractivity contribution in [2.75, 3.05) is 25.6 Å². The molecule has 0 radical (unpaired) electrons. The number of hydrogen-bond acceptors (Lipinski definition) is 4. The van der Waals surface area contributed by atoms with Crippen molar-refractivity contribution in [3.63, 3.8) is 0 Å². The molecule has 1 aliphatic rings. The highest BCUT2D eigenvalue weighted by Crippen LogP contribution is 2.18. The van der Waals surface area contributed by atoms with Gasteiger partial charge in [-0.3, -0.25) is 9.59 Å². The van der Waals surface area contributed by atoms with E-state index in [9.17, 15) is 9.59 Å². The Morgan fingerprint density at radius 3 is 2.95 bits per heavy atom. The van der Waals surface area contributed by atoms with Crippen LogP contribution in [-0.2, 0) is 16.1 Å². The van der Waals surface area contributed by atoms with Crippen molar-refractivity contribution < 1.29 is 9.53 Å². The molecular formula is C13H19N3O3. The van der Waals surface area contributed by atoms with Gasteiger partial charge in [-0.15, -0.1) is 0 Å². The van der Waals surface area contributed by atoms with Gasteiger partial charge < -0.3 is 19.9 Å². The Kier molecular flexibility index (Phi) is 4.70. The summed E-state index contributed by atoms with van der Waals surface area (Å²) in [6.07, 6.45) is 3.93. The van der Waals surface area contributed by atoms with E-state index >= 15 is 0 Å². The first kappa shape index (κ1) is 13.8. The Morgan fingerprint density at radius 1 is 1.47 bits per heavy atom. The predicted octanol–water partition coefficient (Wildman–Crippen LogP) is 0.185. The van der Waals surface area contributed by atoms with Crippen LogP contribution in [0.15, 0.2) is 23.1 Å². The molecule has 104 valence electrons. The lowest BCUT2D eigenvalue weighted by atomic mass is 10.4. The minimum atomic E-state index is -0.105. The number of rotatable bonds is 7. The van der Waals surface area contributed by atoms with Crippen molar-refractivity contribution in [2.45, 2.75) is 25.4 Å². The molecule has 0 aromatic carbocycles. The highest BCUT2D eigenvalue weighted by molar-refractivity contribution is 5.92. The molecule has 1 saturated carbocycles. The van der Waals surface area contributed by atoms with Crippen molar-refractivity contribution >= 4 is 11.6 Å². The van der Waals surface area contributed by atoms with Crippen molar-refractivity contribution in [2.24, 2.45) is 0 Å². The van der Waals surface area contributed by atoms with Crippen LogP contribution in [0, 0.1) is 0 Å². The zero-order valence-electron chi connectivity index (χ0n) is 11.0. The summed E-state index contributed by atoms with van der Waals surface area (Å²) in [6.45, 7) is 1.24. The third-order valence-electron chi connectivity index (χ3n) is 2.93. The van der Waals surface area contributed by atoms with Gasteiger partial charge >= 0.3 is 0 Å². The van der Waals surface area contributed by atoms with E-state index < -0.39 is 0 Å². The Labute approximate surface area is 111 Å². The number of carbonyl (C=O) groups excluding carboxylic acids is 1. The first-order valence-electron chi connectivity index (χ1n) is 6.41. The van der Waals surface area contributed by atoms with Gasteiger partial charge in [0.05, 0.1) is 18.8 Å². The van der Waals surface area contributed by atoms with Gasteiger partial charge in [-0.05, 0) is 18.9 Å². The number of amides is 1. The smallest absolute Gasteiger partial charge is 0.250 e. The molecule has 1 heterocycles. The van der Waals surface area contributed by atoms with Crippen LogP contribution in [0.1, 0.15) is 12.8 Å². The van der Waals surface area contributed by atoms with E-state index in [2.05, 4.69) is 10.6 Å². The van der Waals surface area contributed by atoms with Gasteiger partial charge in [0.25, 0.3) is 5.56 Å². The van der Waals surface area contributed by atoms with Gasteiger partial charge in [0.2, 0.25) is 5.91 Å². The van der Waals surface area contributed by atoms with Crippen molar-refractivity contribution in [3.8, 4) is 0 Å². The van der Waals surface area contributed by atoms with E-state index in [0.717, 1.165) is 12.8 Å². The number of nitrogens with one attached hydrogen (secondary N) is 2. The molecule has 2 rings (SSSR count). The first-order valence-corrected chi connectivity index (χ1v) is 6.41. The molecule has 0 aliphatic heterocycles. The maximum Gasteiger partial charge on any atom is 0.250 e. The lowest BCUT2D eigenvalue weighted by Gasteiger charge is -2.09. The summed E-state index contributed by atoms with van der Waals surface area (Å²) in [5, 5.41) is 5.90. The average molecular weight is 265 g/mol. The molecule has 1 aromatic rings. The number of aromatic nitrogens is 1. The molecular weight excluding hydrogens is 246 g/mol. The van der Waals surface area contributed by atoms with Gasteiger partial charge in [0.15, 0.2) is 0 Å². The van der Waals surface area contributed by atoms with E-state index in [1.165, 1.54) is 10.6 Å². The topological polar surface area (TPSA) is 72.4 Å². The van der Waals surface area contributed by atoms with Crippen LogP contribution in [0.4, 0.5) is 5.69 Å². The SMILES string of the molecule is COCCn1cc(NC(=O)CNC2CC2)ccc1=O. The Morgan fingerprint density at radius 2 is 2.26 bits per heavy atom. The number of ether oxygens (including phenoxy) is 1. The molecule has 0 saturated heterocycles. The van der Waals surface area contributed by atoms with Gasteiger partial charge in [-0.25, -0.2) is 0 Å². The highest BCUT2D eigenvalue weighted by Gasteiger charge is 2.21. The average Bonchev–Trinajstić information content (AvgIpc) is 3.21. The molecule has 1 aromatic heterocycles. The van der Waals surface area contributed by atoms with Crippen LogP contribution < -0.4 is 16.2 Å². The largest absolute Gasteiger partial charge is 0.383 e. The fourth-order valence-electron chi connectivity index (χ4n) is 1.70. The standard InChI is InChI=1S/C13H19N3O3/c1-19-7-6-16-9-11(4-5-13(16)18)15-12(17)8-14-10-2-3-10/h4-5,9-10,14H,2-3,6-8H2,1H3,(H,15,17). The summed E-state index contributed by atoms with van der Waals surface area (Å²) in [4.78, 5) is 23.2. The van der Waals surface area contributed by atoms with Crippen molar-refractivity contribution in [1.29, 1.82) is 0 Å². The molecule has 0 unspecified atom stereocenters. The molecule has 0 atom stereocenters. The number of anilines is 1. The highest BCUT2D eigenvalue weighted by atomic mass is 16.5. The molecule has 1 aliphatic carbocycles. The zero-order valence-corrected chi connectivity index (χ0v) is 11.0. The first-order chi connectivity index (χ1) is 9.19. The van der Waals surface area contributed by atoms with Gasteiger partial charge in [-0.1, -0.05) is 0 Å². The summed E-state index contributed by atoms with van der Waals surface area (Å²) >= 11 is 0. The van der Waals surface area contributed by atoms with Crippen LogP contribution >= 0.6 is 0 Å². The fourth-order valence-corrected chi connectivity index (χ4v) is 1.70. The number of hydrogen-bond donors (Lipinski definition) is 2. The maximum absolute atomic E-state index is 11.7. The third kappa shape index (κ3) is 4.50.